The lowest BCUT2D eigenvalue weighted by molar-refractivity contribution is -0.137. The van der Waals surface area contributed by atoms with E-state index in [0.717, 1.165) is 57.1 Å². The van der Waals surface area contributed by atoms with E-state index in [-0.39, 0.29) is 12.0 Å². The van der Waals surface area contributed by atoms with Crippen molar-refractivity contribution in [2.24, 2.45) is 5.92 Å². The summed E-state index contributed by atoms with van der Waals surface area (Å²) in [7, 11) is 1.66. The molecule has 138 valence electrons. The van der Waals surface area contributed by atoms with Gasteiger partial charge >= 0.3 is 0 Å². The monoisotopic (exact) mass is 346 g/mol. The molecule has 0 saturated carbocycles. The van der Waals surface area contributed by atoms with Gasteiger partial charge in [0.1, 0.15) is 17.6 Å². The third-order valence-electron chi connectivity index (χ3n) is 5.27. The van der Waals surface area contributed by atoms with Gasteiger partial charge in [-0.3, -0.25) is 4.79 Å². The van der Waals surface area contributed by atoms with E-state index < -0.39 is 0 Å². The molecule has 2 heterocycles. The minimum absolute atomic E-state index is 0.0946. The number of amides is 1. The molecule has 0 aliphatic carbocycles. The fourth-order valence-corrected chi connectivity index (χ4v) is 3.78. The van der Waals surface area contributed by atoms with Crippen LogP contribution in [-0.2, 0) is 4.79 Å². The summed E-state index contributed by atoms with van der Waals surface area (Å²) < 4.78 is 11.2. The molecule has 1 unspecified atom stereocenters. The maximum absolute atomic E-state index is 12.7. The minimum atomic E-state index is 0.0946. The van der Waals surface area contributed by atoms with Crippen molar-refractivity contribution in [1.29, 1.82) is 0 Å². The highest BCUT2D eigenvalue weighted by molar-refractivity contribution is 5.78. The fourth-order valence-electron chi connectivity index (χ4n) is 3.78. The van der Waals surface area contributed by atoms with Gasteiger partial charge < -0.3 is 19.3 Å². The number of carbonyl (C=O) groups is 1. The Hall–Kier alpha value is -1.75. The molecule has 0 radical (unpaired) electrons. The Morgan fingerprint density at radius 1 is 1.08 bits per heavy atom. The average molecular weight is 346 g/mol. The van der Waals surface area contributed by atoms with E-state index in [2.05, 4.69) is 11.8 Å². The van der Waals surface area contributed by atoms with Crippen LogP contribution in [-0.4, -0.2) is 61.6 Å². The van der Waals surface area contributed by atoms with E-state index in [9.17, 15) is 4.79 Å². The third-order valence-corrected chi connectivity index (χ3v) is 5.27. The third kappa shape index (κ3) is 4.88. The molecule has 5 nitrogen and oxygen atoms in total. The first-order valence-electron chi connectivity index (χ1n) is 9.47. The van der Waals surface area contributed by atoms with Crippen molar-refractivity contribution < 1.29 is 14.3 Å². The number of piperidine rings is 1. The fraction of sp³-hybridized carbons (Fsp3) is 0.650. The summed E-state index contributed by atoms with van der Waals surface area (Å²) in [4.78, 5) is 17.1. The van der Waals surface area contributed by atoms with Gasteiger partial charge in [0, 0.05) is 38.4 Å². The number of benzene rings is 1. The van der Waals surface area contributed by atoms with Crippen molar-refractivity contribution in [3.05, 3.63) is 24.3 Å². The maximum atomic E-state index is 12.7. The van der Waals surface area contributed by atoms with Crippen molar-refractivity contribution in [2.75, 3.05) is 39.8 Å². The quantitative estimate of drug-likeness (QED) is 0.794. The first-order valence-corrected chi connectivity index (χ1v) is 9.47. The second-order valence-electron chi connectivity index (χ2n) is 7.23. The van der Waals surface area contributed by atoms with Crippen LogP contribution in [0, 0.1) is 5.92 Å². The van der Waals surface area contributed by atoms with Gasteiger partial charge in [-0.05, 0) is 50.2 Å². The van der Waals surface area contributed by atoms with Crippen LogP contribution >= 0.6 is 0 Å². The molecule has 2 aliphatic heterocycles. The zero-order valence-electron chi connectivity index (χ0n) is 15.4. The number of hydrogen-bond donors (Lipinski definition) is 0. The van der Waals surface area contributed by atoms with Gasteiger partial charge in [0.05, 0.1) is 7.11 Å². The zero-order valence-corrected chi connectivity index (χ0v) is 15.4. The van der Waals surface area contributed by atoms with Crippen molar-refractivity contribution in [3.63, 3.8) is 0 Å². The molecule has 0 N–H and O–H groups in total. The van der Waals surface area contributed by atoms with Crippen molar-refractivity contribution >= 4 is 5.91 Å². The summed E-state index contributed by atoms with van der Waals surface area (Å²) in [5.74, 6) is 2.10. The normalized spacial score (nSPS) is 20.5. The number of rotatable bonds is 6. The van der Waals surface area contributed by atoms with E-state index in [1.54, 1.807) is 7.11 Å². The molecule has 1 atom stereocenters. The highest BCUT2D eigenvalue weighted by atomic mass is 16.5. The molecule has 0 aromatic heterocycles. The van der Waals surface area contributed by atoms with Crippen LogP contribution in [0.1, 0.15) is 32.6 Å². The second-order valence-corrected chi connectivity index (χ2v) is 7.23. The molecule has 1 aromatic carbocycles. The van der Waals surface area contributed by atoms with E-state index in [1.807, 2.05) is 29.2 Å². The molecular weight excluding hydrogens is 316 g/mol. The Morgan fingerprint density at radius 3 is 2.28 bits per heavy atom. The smallest absolute Gasteiger partial charge is 0.226 e. The van der Waals surface area contributed by atoms with Crippen LogP contribution in [0.2, 0.25) is 0 Å². The zero-order chi connectivity index (χ0) is 17.6. The van der Waals surface area contributed by atoms with Gasteiger partial charge in [0.25, 0.3) is 0 Å². The molecule has 1 aromatic rings. The Bertz CT molecular complexity index is 547. The van der Waals surface area contributed by atoms with Crippen LogP contribution in [0.15, 0.2) is 24.3 Å². The maximum Gasteiger partial charge on any atom is 0.226 e. The first-order chi connectivity index (χ1) is 12.2. The van der Waals surface area contributed by atoms with E-state index in [1.165, 1.54) is 12.8 Å². The summed E-state index contributed by atoms with van der Waals surface area (Å²) >= 11 is 0. The number of ether oxygens (including phenoxy) is 2. The lowest BCUT2D eigenvalue weighted by Crippen LogP contribution is -2.45. The number of methoxy groups -OCH3 is 1. The summed E-state index contributed by atoms with van der Waals surface area (Å²) in [5.41, 5.74) is 0. The Kier molecular flexibility index (Phi) is 6.19. The minimum Gasteiger partial charge on any atom is -0.497 e. The number of hydrogen-bond acceptors (Lipinski definition) is 4. The van der Waals surface area contributed by atoms with Crippen molar-refractivity contribution in [2.45, 2.75) is 38.7 Å². The summed E-state index contributed by atoms with van der Waals surface area (Å²) in [5, 5.41) is 0. The highest BCUT2D eigenvalue weighted by Gasteiger charge is 2.28. The largest absolute Gasteiger partial charge is 0.497 e. The van der Waals surface area contributed by atoms with Gasteiger partial charge in [-0.25, -0.2) is 0 Å². The molecule has 2 aliphatic rings. The topological polar surface area (TPSA) is 42.0 Å². The van der Waals surface area contributed by atoms with Gasteiger partial charge in [-0.2, -0.15) is 0 Å². The average Bonchev–Trinajstić information content (AvgIpc) is 3.15. The van der Waals surface area contributed by atoms with Crippen molar-refractivity contribution in [3.8, 4) is 11.5 Å². The molecule has 2 saturated heterocycles. The van der Waals surface area contributed by atoms with Crippen LogP contribution in [0.5, 0.6) is 11.5 Å². The lowest BCUT2D eigenvalue weighted by Gasteiger charge is -2.34. The summed E-state index contributed by atoms with van der Waals surface area (Å²) in [6, 6.07) is 7.70. The van der Waals surface area contributed by atoms with Gasteiger partial charge in [-0.15, -0.1) is 0 Å². The standard InChI is InChI=1S/C20H30N2O3/c1-16(15-21-11-3-4-12-21)20(23)22-13-9-19(10-14-22)25-18-7-5-17(24-2)6-8-18/h5-8,16,19H,3-4,9-15H2,1-2H3. The lowest BCUT2D eigenvalue weighted by atomic mass is 10.0. The van der Waals surface area contributed by atoms with Gasteiger partial charge in [0.15, 0.2) is 0 Å². The number of nitrogens with zero attached hydrogens (tertiary/aromatic N) is 2. The first kappa shape index (κ1) is 18.1. The molecule has 5 heteroatoms. The van der Waals surface area contributed by atoms with Crippen LogP contribution in [0.4, 0.5) is 0 Å². The van der Waals surface area contributed by atoms with Crippen molar-refractivity contribution in [1.82, 2.24) is 9.80 Å². The predicted octanol–water partition coefficient (Wildman–Crippen LogP) is 2.80. The molecule has 25 heavy (non-hydrogen) atoms. The van der Waals surface area contributed by atoms with Gasteiger partial charge in [-0.1, -0.05) is 6.92 Å². The van der Waals surface area contributed by atoms with Crippen LogP contribution in [0.3, 0.4) is 0 Å². The Labute approximate surface area is 150 Å². The van der Waals surface area contributed by atoms with E-state index in [4.69, 9.17) is 9.47 Å². The van der Waals surface area contributed by atoms with Crippen LogP contribution < -0.4 is 9.47 Å². The predicted molar refractivity (Wildman–Crippen MR) is 98.1 cm³/mol. The number of likely N-dealkylation sites (tertiary alicyclic amines) is 2. The molecule has 3 rings (SSSR count). The molecular formula is C20H30N2O3. The van der Waals surface area contributed by atoms with E-state index >= 15 is 0 Å². The second kappa shape index (κ2) is 8.56. The SMILES string of the molecule is COc1ccc(OC2CCN(C(=O)C(C)CN3CCCC3)CC2)cc1. The Morgan fingerprint density at radius 2 is 1.68 bits per heavy atom. The Balaban J connectivity index is 1.43. The molecule has 0 spiro atoms. The molecule has 0 bridgehead atoms. The summed E-state index contributed by atoms with van der Waals surface area (Å²) in [6.45, 7) is 6.86. The molecule has 2 fully saturated rings. The highest BCUT2D eigenvalue weighted by Crippen LogP contribution is 2.23. The number of carbonyl (C=O) groups excluding carboxylic acids is 1. The molecule has 1 amide bonds. The summed E-state index contributed by atoms with van der Waals surface area (Å²) in [6.07, 6.45) is 4.53. The van der Waals surface area contributed by atoms with E-state index in [0.29, 0.717) is 5.91 Å². The van der Waals surface area contributed by atoms with Gasteiger partial charge in [0.2, 0.25) is 5.91 Å². The van der Waals surface area contributed by atoms with Crippen LogP contribution in [0.25, 0.3) is 0 Å².